The fourth-order valence-corrected chi connectivity index (χ4v) is 2.82. The number of rotatable bonds is 3. The third kappa shape index (κ3) is 2.78. The first-order valence-electron chi connectivity index (χ1n) is 8.18. The zero-order chi connectivity index (χ0) is 19.0. The van der Waals surface area contributed by atoms with Crippen LogP contribution in [-0.4, -0.2) is 21.5 Å². The number of nitrogens with two attached hydrogens (primary N) is 2. The van der Waals surface area contributed by atoms with Crippen LogP contribution in [0.4, 0.5) is 11.5 Å². The summed E-state index contributed by atoms with van der Waals surface area (Å²) >= 11 is 0. The highest BCUT2D eigenvalue weighted by Gasteiger charge is 2.30. The van der Waals surface area contributed by atoms with E-state index in [0.717, 1.165) is 0 Å². The molecule has 1 amide bonds. The first kappa shape index (κ1) is 16.4. The summed E-state index contributed by atoms with van der Waals surface area (Å²) in [6.45, 7) is 0. The lowest BCUT2D eigenvalue weighted by atomic mass is 10.1. The molecule has 0 bridgehead atoms. The molecule has 0 spiro atoms. The second-order valence-corrected chi connectivity index (χ2v) is 5.91. The number of nitrogen functional groups attached to an aromatic ring is 1. The van der Waals surface area contributed by atoms with E-state index in [1.165, 1.54) is 15.8 Å². The average Bonchev–Trinajstić information content (AvgIpc) is 3.14. The van der Waals surface area contributed by atoms with Gasteiger partial charge in [-0.05, 0) is 30.3 Å². The van der Waals surface area contributed by atoms with E-state index >= 15 is 0 Å². The predicted octanol–water partition coefficient (Wildman–Crippen LogP) is 1.45. The molecule has 0 unspecified atom stereocenters. The van der Waals surface area contributed by atoms with Gasteiger partial charge < -0.3 is 11.5 Å². The van der Waals surface area contributed by atoms with E-state index in [2.05, 4.69) is 10.2 Å². The Morgan fingerprint density at radius 1 is 0.889 bits per heavy atom. The zero-order valence-corrected chi connectivity index (χ0v) is 14.2. The Bertz CT molecular complexity index is 1130. The molecule has 8 heteroatoms. The number of hydrazone groups is 1. The number of aromatic amines is 1. The van der Waals surface area contributed by atoms with Crippen LogP contribution in [0.25, 0.3) is 11.8 Å². The van der Waals surface area contributed by atoms with Gasteiger partial charge >= 0.3 is 0 Å². The van der Waals surface area contributed by atoms with Gasteiger partial charge in [-0.3, -0.25) is 14.7 Å². The molecule has 1 aromatic heterocycles. The fraction of sp³-hybridized carbons (Fsp3) is 0. The molecule has 4 rings (SSSR count). The van der Waals surface area contributed by atoms with Crippen molar-refractivity contribution in [3.63, 3.8) is 0 Å². The number of para-hydroxylation sites is 2. The molecule has 1 aliphatic rings. The van der Waals surface area contributed by atoms with Crippen LogP contribution in [0.5, 0.6) is 0 Å². The van der Waals surface area contributed by atoms with Crippen molar-refractivity contribution in [1.82, 2.24) is 9.78 Å². The molecule has 0 radical (unpaired) electrons. The highest BCUT2D eigenvalue weighted by Crippen LogP contribution is 2.23. The number of hydrogen-bond donors (Lipinski definition) is 3. The molecule has 2 aromatic carbocycles. The largest absolute Gasteiger partial charge is 0.383 e. The molecule has 0 atom stereocenters. The van der Waals surface area contributed by atoms with Gasteiger partial charge in [0.1, 0.15) is 5.82 Å². The number of nitrogens with one attached hydrogen (secondary N) is 1. The highest BCUT2D eigenvalue weighted by molar-refractivity contribution is 6.31. The number of aromatic nitrogens is 2. The number of anilines is 2. The maximum atomic E-state index is 12.7. The second kappa shape index (κ2) is 6.34. The summed E-state index contributed by atoms with van der Waals surface area (Å²) in [6.07, 6.45) is 1.37. The van der Waals surface area contributed by atoms with Gasteiger partial charge in [0, 0.05) is 0 Å². The lowest BCUT2D eigenvalue weighted by molar-refractivity contribution is -0.114. The van der Waals surface area contributed by atoms with Gasteiger partial charge in [0.2, 0.25) is 0 Å². The Morgan fingerprint density at radius 2 is 1.48 bits per heavy atom. The maximum absolute atomic E-state index is 12.7. The molecule has 0 saturated heterocycles. The van der Waals surface area contributed by atoms with E-state index in [-0.39, 0.29) is 28.3 Å². The summed E-state index contributed by atoms with van der Waals surface area (Å²) in [5.41, 5.74) is 13.0. The molecule has 0 saturated carbocycles. The van der Waals surface area contributed by atoms with Crippen molar-refractivity contribution in [1.29, 1.82) is 0 Å². The molecular formula is C19H16N6O2. The number of nitrogens with zero attached hydrogens (tertiary/aromatic N) is 3. The van der Waals surface area contributed by atoms with E-state index in [1.54, 1.807) is 48.5 Å². The number of carbonyl (C=O) groups is 1. The van der Waals surface area contributed by atoms with Crippen molar-refractivity contribution in [2.24, 2.45) is 10.8 Å². The number of H-pyrrole nitrogens is 1. The molecule has 2 heterocycles. The van der Waals surface area contributed by atoms with Crippen molar-refractivity contribution in [2.75, 3.05) is 10.7 Å². The Morgan fingerprint density at radius 3 is 2.11 bits per heavy atom. The first-order valence-corrected chi connectivity index (χ1v) is 8.18. The first-order chi connectivity index (χ1) is 13.1. The topological polar surface area (TPSA) is 122 Å². The van der Waals surface area contributed by atoms with E-state index in [1.807, 2.05) is 12.1 Å². The molecule has 0 fully saturated rings. The SMILES string of the molecule is NC1=NN(c2ccccc2)C(=O)C1=Cc1c(N)[nH]n(-c2ccccc2)c1=O. The molecule has 3 aromatic rings. The van der Waals surface area contributed by atoms with E-state index < -0.39 is 5.91 Å². The Hall–Kier alpha value is -4.07. The summed E-state index contributed by atoms with van der Waals surface area (Å²) < 4.78 is 1.31. The van der Waals surface area contributed by atoms with Crippen molar-refractivity contribution in [2.45, 2.75) is 0 Å². The minimum atomic E-state index is -0.426. The molecule has 8 nitrogen and oxygen atoms in total. The van der Waals surface area contributed by atoms with Crippen molar-refractivity contribution in [3.8, 4) is 5.69 Å². The highest BCUT2D eigenvalue weighted by atomic mass is 16.2. The second-order valence-electron chi connectivity index (χ2n) is 5.91. The van der Waals surface area contributed by atoms with Gasteiger partial charge in [-0.15, -0.1) is 5.10 Å². The van der Waals surface area contributed by atoms with Gasteiger partial charge in [0.15, 0.2) is 5.84 Å². The van der Waals surface area contributed by atoms with Crippen LogP contribution < -0.4 is 22.0 Å². The molecule has 27 heavy (non-hydrogen) atoms. The third-order valence-corrected chi connectivity index (χ3v) is 4.17. The number of benzene rings is 2. The lowest BCUT2D eigenvalue weighted by Crippen LogP contribution is -2.22. The molecule has 1 aliphatic heterocycles. The molecule has 5 N–H and O–H groups in total. The van der Waals surface area contributed by atoms with Crippen molar-refractivity contribution >= 4 is 29.3 Å². The minimum Gasteiger partial charge on any atom is -0.383 e. The molecule has 134 valence electrons. The van der Waals surface area contributed by atoms with Crippen LogP contribution in [0.1, 0.15) is 5.56 Å². The third-order valence-electron chi connectivity index (χ3n) is 4.17. The minimum absolute atomic E-state index is 0.0233. The van der Waals surface area contributed by atoms with Gasteiger partial charge in [-0.2, -0.15) is 5.01 Å². The summed E-state index contributed by atoms with van der Waals surface area (Å²) in [5, 5.41) is 8.09. The summed E-state index contributed by atoms with van der Waals surface area (Å²) in [5.74, 6) is -0.268. The average molecular weight is 360 g/mol. The standard InChI is InChI=1S/C19H16N6O2/c20-16-14(18(26)24(22-16)12-7-3-1-4-8-12)11-15-17(21)23-25(19(15)27)13-9-5-2-6-10-13/h1-11,22H,20H2,(H2,21,23). The number of hydrogen-bond acceptors (Lipinski definition) is 5. The summed E-state index contributed by atoms with van der Waals surface area (Å²) in [4.78, 5) is 25.5. The van der Waals surface area contributed by atoms with Crippen LogP contribution in [0.3, 0.4) is 0 Å². The van der Waals surface area contributed by atoms with Gasteiger partial charge in [-0.1, -0.05) is 36.4 Å². The van der Waals surface area contributed by atoms with E-state index in [0.29, 0.717) is 11.4 Å². The Kier molecular flexibility index (Phi) is 3.85. The van der Waals surface area contributed by atoms with Crippen molar-refractivity contribution in [3.05, 3.63) is 82.2 Å². The quantitative estimate of drug-likeness (QED) is 0.612. The Balaban J connectivity index is 1.75. The van der Waals surface area contributed by atoms with Crippen LogP contribution >= 0.6 is 0 Å². The fourth-order valence-electron chi connectivity index (χ4n) is 2.82. The van der Waals surface area contributed by atoms with Gasteiger partial charge in [0.25, 0.3) is 11.5 Å². The predicted molar refractivity (Wildman–Crippen MR) is 104 cm³/mol. The molecular weight excluding hydrogens is 344 g/mol. The van der Waals surface area contributed by atoms with Gasteiger partial charge in [-0.25, -0.2) is 4.68 Å². The zero-order valence-electron chi connectivity index (χ0n) is 14.2. The number of carbonyl (C=O) groups excluding carboxylic acids is 1. The van der Waals surface area contributed by atoms with Crippen LogP contribution in [0.15, 0.2) is 76.1 Å². The van der Waals surface area contributed by atoms with Crippen LogP contribution in [0.2, 0.25) is 0 Å². The maximum Gasteiger partial charge on any atom is 0.282 e. The number of amidine groups is 1. The normalized spacial score (nSPS) is 15.4. The smallest absolute Gasteiger partial charge is 0.282 e. The van der Waals surface area contributed by atoms with Crippen LogP contribution in [-0.2, 0) is 4.79 Å². The monoisotopic (exact) mass is 360 g/mol. The van der Waals surface area contributed by atoms with Gasteiger partial charge in [0.05, 0.1) is 22.5 Å². The Labute approximate surface area is 154 Å². The van der Waals surface area contributed by atoms with Crippen molar-refractivity contribution < 1.29 is 4.79 Å². The number of amides is 1. The van der Waals surface area contributed by atoms with E-state index in [4.69, 9.17) is 11.5 Å². The van der Waals surface area contributed by atoms with E-state index in [9.17, 15) is 9.59 Å². The lowest BCUT2D eigenvalue weighted by Gasteiger charge is -2.10. The summed E-state index contributed by atoms with van der Waals surface area (Å²) in [7, 11) is 0. The summed E-state index contributed by atoms with van der Waals surface area (Å²) in [6, 6.07) is 17.9. The molecule has 0 aliphatic carbocycles. The van der Waals surface area contributed by atoms with Crippen LogP contribution in [0, 0.1) is 0 Å².